The molecular formula is C18H26ClN3O2. The molecule has 0 saturated carbocycles. The quantitative estimate of drug-likeness (QED) is 0.820. The van der Waals surface area contributed by atoms with Crippen molar-refractivity contribution in [1.82, 2.24) is 10.6 Å². The van der Waals surface area contributed by atoms with E-state index in [0.29, 0.717) is 25.4 Å². The van der Waals surface area contributed by atoms with Crippen molar-refractivity contribution in [2.75, 3.05) is 31.1 Å². The molecule has 1 atom stereocenters. The first-order chi connectivity index (χ1) is 11.2. The van der Waals surface area contributed by atoms with Crippen molar-refractivity contribution in [2.24, 2.45) is 11.8 Å². The van der Waals surface area contributed by atoms with Crippen LogP contribution in [0.25, 0.3) is 0 Å². The van der Waals surface area contributed by atoms with E-state index in [0.717, 1.165) is 31.6 Å². The molecule has 0 radical (unpaired) electrons. The molecule has 24 heavy (non-hydrogen) atoms. The van der Waals surface area contributed by atoms with Crippen LogP contribution < -0.4 is 15.5 Å². The molecule has 0 spiro atoms. The van der Waals surface area contributed by atoms with Gasteiger partial charge in [0, 0.05) is 44.2 Å². The summed E-state index contributed by atoms with van der Waals surface area (Å²) in [5, 5.41) is 6.18. The topological polar surface area (TPSA) is 61.4 Å². The lowest BCUT2D eigenvalue weighted by molar-refractivity contribution is -0.126. The SMILES string of the molecule is CCCc1ccc(N2CC(C(=O)NCC3CNC3)CC2=O)cc1.Cl. The van der Waals surface area contributed by atoms with Crippen molar-refractivity contribution in [1.29, 1.82) is 0 Å². The Labute approximate surface area is 149 Å². The third-order valence-electron chi connectivity index (χ3n) is 4.71. The molecule has 0 aromatic heterocycles. The Morgan fingerprint density at radius 3 is 2.58 bits per heavy atom. The van der Waals surface area contributed by atoms with E-state index in [1.807, 2.05) is 12.1 Å². The molecular weight excluding hydrogens is 326 g/mol. The number of nitrogens with zero attached hydrogens (tertiary/aromatic N) is 1. The maximum atomic E-state index is 12.2. The molecule has 1 aromatic carbocycles. The predicted octanol–water partition coefficient (Wildman–Crippen LogP) is 1.75. The molecule has 1 aromatic rings. The third kappa shape index (κ3) is 4.28. The normalized spacial score (nSPS) is 20.5. The molecule has 2 aliphatic rings. The van der Waals surface area contributed by atoms with E-state index in [2.05, 4.69) is 29.7 Å². The number of rotatable bonds is 6. The fourth-order valence-corrected chi connectivity index (χ4v) is 3.15. The summed E-state index contributed by atoms with van der Waals surface area (Å²) in [6.07, 6.45) is 2.47. The van der Waals surface area contributed by atoms with Gasteiger partial charge in [-0.1, -0.05) is 25.5 Å². The molecule has 2 aliphatic heterocycles. The Hall–Kier alpha value is -1.59. The van der Waals surface area contributed by atoms with Gasteiger partial charge < -0.3 is 15.5 Å². The van der Waals surface area contributed by atoms with Crippen LogP contribution in [0.4, 0.5) is 5.69 Å². The summed E-state index contributed by atoms with van der Waals surface area (Å²) in [5.41, 5.74) is 2.18. The maximum absolute atomic E-state index is 12.2. The first-order valence-electron chi connectivity index (χ1n) is 8.55. The van der Waals surface area contributed by atoms with Crippen molar-refractivity contribution in [3.05, 3.63) is 29.8 Å². The summed E-state index contributed by atoms with van der Waals surface area (Å²) in [6, 6.07) is 8.12. The van der Waals surface area contributed by atoms with Crippen LogP contribution in [-0.2, 0) is 16.0 Å². The highest BCUT2D eigenvalue weighted by atomic mass is 35.5. The molecule has 0 bridgehead atoms. The molecule has 2 heterocycles. The number of halogens is 1. The fourth-order valence-electron chi connectivity index (χ4n) is 3.15. The van der Waals surface area contributed by atoms with Gasteiger partial charge in [0.05, 0.1) is 5.92 Å². The van der Waals surface area contributed by atoms with Crippen molar-refractivity contribution >= 4 is 29.9 Å². The second kappa shape index (κ2) is 8.49. The van der Waals surface area contributed by atoms with Gasteiger partial charge in [-0.2, -0.15) is 0 Å². The van der Waals surface area contributed by atoms with Crippen molar-refractivity contribution in [3.8, 4) is 0 Å². The smallest absolute Gasteiger partial charge is 0.227 e. The summed E-state index contributed by atoms with van der Waals surface area (Å²) in [7, 11) is 0. The summed E-state index contributed by atoms with van der Waals surface area (Å²) >= 11 is 0. The first-order valence-corrected chi connectivity index (χ1v) is 8.55. The number of benzene rings is 1. The average Bonchev–Trinajstić information content (AvgIpc) is 2.89. The predicted molar refractivity (Wildman–Crippen MR) is 97.5 cm³/mol. The Kier molecular flexibility index (Phi) is 6.63. The summed E-state index contributed by atoms with van der Waals surface area (Å²) < 4.78 is 0. The summed E-state index contributed by atoms with van der Waals surface area (Å²) in [6.45, 7) is 5.30. The summed E-state index contributed by atoms with van der Waals surface area (Å²) in [4.78, 5) is 26.2. The van der Waals surface area contributed by atoms with Crippen molar-refractivity contribution in [2.45, 2.75) is 26.2 Å². The number of carbonyl (C=O) groups is 2. The Bertz CT molecular complexity index is 572. The second-order valence-electron chi connectivity index (χ2n) is 6.59. The Balaban J connectivity index is 0.00000208. The van der Waals surface area contributed by atoms with E-state index in [1.165, 1.54) is 5.56 Å². The minimum Gasteiger partial charge on any atom is -0.355 e. The number of aryl methyl sites for hydroxylation is 1. The third-order valence-corrected chi connectivity index (χ3v) is 4.71. The van der Waals surface area contributed by atoms with Gasteiger partial charge in [0.25, 0.3) is 0 Å². The molecule has 2 saturated heterocycles. The van der Waals surface area contributed by atoms with Crippen LogP contribution >= 0.6 is 12.4 Å². The zero-order valence-corrected chi connectivity index (χ0v) is 14.9. The van der Waals surface area contributed by atoms with Crippen LogP contribution in [0.3, 0.4) is 0 Å². The number of carbonyl (C=O) groups excluding carboxylic acids is 2. The molecule has 3 rings (SSSR count). The lowest BCUT2D eigenvalue weighted by atomic mass is 10.0. The number of amides is 2. The Morgan fingerprint density at radius 1 is 1.29 bits per heavy atom. The molecule has 2 fully saturated rings. The highest BCUT2D eigenvalue weighted by molar-refractivity contribution is 6.00. The van der Waals surface area contributed by atoms with Gasteiger partial charge in [0.1, 0.15) is 0 Å². The van der Waals surface area contributed by atoms with Gasteiger partial charge in [-0.3, -0.25) is 9.59 Å². The van der Waals surface area contributed by atoms with Gasteiger partial charge in [-0.15, -0.1) is 12.4 Å². The van der Waals surface area contributed by atoms with Crippen LogP contribution in [0.5, 0.6) is 0 Å². The standard InChI is InChI=1S/C18H25N3O2.ClH/c1-2-3-13-4-6-16(7-5-13)21-12-15(8-17(21)22)18(23)20-11-14-9-19-10-14;/h4-7,14-15,19H,2-3,8-12H2,1H3,(H,20,23);1H. The minimum atomic E-state index is -0.231. The molecule has 1 unspecified atom stereocenters. The average molecular weight is 352 g/mol. The van der Waals surface area contributed by atoms with Gasteiger partial charge in [0.2, 0.25) is 11.8 Å². The minimum absolute atomic E-state index is 0. The molecule has 0 aliphatic carbocycles. The van der Waals surface area contributed by atoms with E-state index in [1.54, 1.807) is 4.90 Å². The number of hydrogen-bond donors (Lipinski definition) is 2. The fraction of sp³-hybridized carbons (Fsp3) is 0.556. The van der Waals surface area contributed by atoms with Gasteiger partial charge in [-0.05, 0) is 24.1 Å². The summed E-state index contributed by atoms with van der Waals surface area (Å²) in [5.74, 6) is 0.359. The van der Waals surface area contributed by atoms with Crippen LogP contribution in [0.2, 0.25) is 0 Å². The van der Waals surface area contributed by atoms with Gasteiger partial charge >= 0.3 is 0 Å². The highest BCUT2D eigenvalue weighted by Gasteiger charge is 2.35. The van der Waals surface area contributed by atoms with Gasteiger partial charge in [-0.25, -0.2) is 0 Å². The lowest BCUT2D eigenvalue weighted by Gasteiger charge is -2.27. The molecule has 5 nitrogen and oxygen atoms in total. The highest BCUT2D eigenvalue weighted by Crippen LogP contribution is 2.25. The van der Waals surface area contributed by atoms with Crippen LogP contribution in [-0.4, -0.2) is 38.0 Å². The second-order valence-corrected chi connectivity index (χ2v) is 6.59. The number of anilines is 1. The monoisotopic (exact) mass is 351 g/mol. The van der Waals surface area contributed by atoms with Crippen molar-refractivity contribution in [3.63, 3.8) is 0 Å². The van der Waals surface area contributed by atoms with Crippen LogP contribution in [0, 0.1) is 11.8 Å². The number of hydrogen-bond acceptors (Lipinski definition) is 3. The largest absolute Gasteiger partial charge is 0.355 e. The van der Waals surface area contributed by atoms with Crippen molar-refractivity contribution < 1.29 is 9.59 Å². The van der Waals surface area contributed by atoms with Crippen LogP contribution in [0.1, 0.15) is 25.3 Å². The molecule has 6 heteroatoms. The molecule has 2 amide bonds. The van der Waals surface area contributed by atoms with E-state index in [4.69, 9.17) is 0 Å². The molecule has 2 N–H and O–H groups in total. The van der Waals surface area contributed by atoms with E-state index < -0.39 is 0 Å². The lowest BCUT2D eigenvalue weighted by Crippen LogP contribution is -2.49. The van der Waals surface area contributed by atoms with E-state index >= 15 is 0 Å². The zero-order valence-electron chi connectivity index (χ0n) is 14.1. The maximum Gasteiger partial charge on any atom is 0.227 e. The Morgan fingerprint density at radius 2 is 2.00 bits per heavy atom. The van der Waals surface area contributed by atoms with Crippen LogP contribution in [0.15, 0.2) is 24.3 Å². The van der Waals surface area contributed by atoms with E-state index in [-0.39, 0.29) is 30.1 Å². The van der Waals surface area contributed by atoms with Gasteiger partial charge in [0.15, 0.2) is 0 Å². The number of nitrogens with one attached hydrogen (secondary N) is 2. The first kappa shape index (κ1) is 18.7. The van der Waals surface area contributed by atoms with E-state index in [9.17, 15) is 9.59 Å². The molecule has 132 valence electrons. The zero-order chi connectivity index (χ0) is 16.2.